The fraction of sp³-hybridized carbons (Fsp3) is 0.250. The normalized spacial score (nSPS) is 11.1. The Morgan fingerprint density at radius 1 is 1.46 bits per heavy atom. The molecule has 1 aromatic heterocycles. The number of hydrogen-bond acceptors (Lipinski definition) is 6. The van der Waals surface area contributed by atoms with Crippen molar-refractivity contribution >= 4 is 23.8 Å². The molecule has 2 aromatic rings. The first-order valence-corrected chi connectivity index (χ1v) is 7.55. The molecule has 1 amide bonds. The third-order valence-corrected chi connectivity index (χ3v) is 3.67. The van der Waals surface area contributed by atoms with E-state index < -0.39 is 0 Å². The SMILES string of the molecule is CN/N=C(/COc1cc(C)c(Cl)cc1-c1cnccn1)N(C)C=O. The molecule has 0 atom stereocenters. The number of amides is 1. The lowest BCUT2D eigenvalue weighted by molar-refractivity contribution is -0.114. The van der Waals surface area contributed by atoms with E-state index in [4.69, 9.17) is 16.3 Å². The highest BCUT2D eigenvalue weighted by atomic mass is 35.5. The summed E-state index contributed by atoms with van der Waals surface area (Å²) in [6.45, 7) is 1.99. The quantitative estimate of drug-likeness (QED) is 0.374. The highest BCUT2D eigenvalue weighted by molar-refractivity contribution is 6.31. The molecule has 0 saturated heterocycles. The zero-order valence-corrected chi connectivity index (χ0v) is 14.4. The van der Waals surface area contributed by atoms with Crippen LogP contribution in [0.4, 0.5) is 0 Å². The van der Waals surface area contributed by atoms with Crippen LogP contribution in [-0.2, 0) is 4.79 Å². The van der Waals surface area contributed by atoms with Gasteiger partial charge in [-0.15, -0.1) is 0 Å². The minimum Gasteiger partial charge on any atom is -0.485 e. The van der Waals surface area contributed by atoms with Crippen LogP contribution < -0.4 is 10.2 Å². The van der Waals surface area contributed by atoms with Crippen molar-refractivity contribution in [1.82, 2.24) is 20.3 Å². The van der Waals surface area contributed by atoms with Gasteiger partial charge < -0.3 is 15.1 Å². The molecule has 0 saturated carbocycles. The average molecular weight is 348 g/mol. The minimum absolute atomic E-state index is 0.102. The molecule has 2 rings (SSSR count). The molecule has 1 N–H and O–H groups in total. The average Bonchev–Trinajstić information content (AvgIpc) is 2.61. The zero-order chi connectivity index (χ0) is 17.5. The Labute approximate surface area is 145 Å². The van der Waals surface area contributed by atoms with Gasteiger partial charge in [0, 0.05) is 37.1 Å². The Bertz CT molecular complexity index is 737. The van der Waals surface area contributed by atoms with Crippen molar-refractivity contribution in [3.8, 4) is 17.0 Å². The third kappa shape index (κ3) is 4.20. The van der Waals surface area contributed by atoms with Crippen molar-refractivity contribution in [1.29, 1.82) is 0 Å². The summed E-state index contributed by atoms with van der Waals surface area (Å²) in [5.74, 6) is 1.02. The molecule has 8 heteroatoms. The third-order valence-electron chi connectivity index (χ3n) is 3.26. The molecule has 0 aliphatic heterocycles. The second kappa shape index (κ2) is 8.26. The van der Waals surface area contributed by atoms with Gasteiger partial charge in [-0.1, -0.05) is 11.6 Å². The van der Waals surface area contributed by atoms with E-state index in [2.05, 4.69) is 20.5 Å². The van der Waals surface area contributed by atoms with Gasteiger partial charge in [-0.05, 0) is 24.6 Å². The lowest BCUT2D eigenvalue weighted by Gasteiger charge is -2.17. The van der Waals surface area contributed by atoms with Gasteiger partial charge in [-0.2, -0.15) is 5.10 Å². The number of ether oxygens (including phenoxy) is 1. The monoisotopic (exact) mass is 347 g/mol. The number of benzene rings is 1. The molecular weight excluding hydrogens is 330 g/mol. The first-order chi connectivity index (χ1) is 11.6. The Hall–Kier alpha value is -2.67. The van der Waals surface area contributed by atoms with E-state index in [-0.39, 0.29) is 6.61 Å². The molecule has 24 heavy (non-hydrogen) atoms. The fourth-order valence-corrected chi connectivity index (χ4v) is 2.12. The maximum absolute atomic E-state index is 10.9. The number of carbonyl (C=O) groups excluding carboxylic acids is 1. The molecule has 1 heterocycles. The van der Waals surface area contributed by atoms with E-state index in [1.54, 1.807) is 38.8 Å². The van der Waals surface area contributed by atoms with Crippen LogP contribution in [0.15, 0.2) is 35.8 Å². The topological polar surface area (TPSA) is 79.7 Å². The number of nitrogens with one attached hydrogen (secondary N) is 1. The lowest BCUT2D eigenvalue weighted by atomic mass is 10.1. The Kier molecular flexibility index (Phi) is 6.08. The van der Waals surface area contributed by atoms with Crippen LogP contribution >= 0.6 is 11.6 Å². The standard InChI is InChI=1S/C16H18ClN5O2/c1-11-6-15(24-9-16(21-18-2)22(3)10-23)12(7-13(11)17)14-8-19-4-5-20-14/h4-8,10,18H,9H2,1-3H3/b21-16-. The number of aryl methyl sites for hydroxylation is 1. The van der Waals surface area contributed by atoms with Crippen LogP contribution in [0.2, 0.25) is 5.02 Å². The second-order valence-corrected chi connectivity index (χ2v) is 5.35. The molecule has 0 unspecified atom stereocenters. The predicted octanol–water partition coefficient (Wildman–Crippen LogP) is 2.11. The molecular formula is C16H18ClN5O2. The minimum atomic E-state index is 0.102. The van der Waals surface area contributed by atoms with Crippen LogP contribution in [0.3, 0.4) is 0 Å². The molecule has 0 bridgehead atoms. The molecule has 0 spiro atoms. The van der Waals surface area contributed by atoms with E-state index in [1.807, 2.05) is 13.0 Å². The Morgan fingerprint density at radius 2 is 2.25 bits per heavy atom. The van der Waals surface area contributed by atoms with Gasteiger partial charge in [0.1, 0.15) is 12.4 Å². The first kappa shape index (κ1) is 17.7. The Morgan fingerprint density at radius 3 is 2.88 bits per heavy atom. The van der Waals surface area contributed by atoms with E-state index in [1.165, 1.54) is 4.90 Å². The summed E-state index contributed by atoms with van der Waals surface area (Å²) in [6, 6.07) is 3.61. The van der Waals surface area contributed by atoms with Crippen LogP contribution in [0.1, 0.15) is 5.56 Å². The van der Waals surface area contributed by atoms with Gasteiger partial charge in [0.25, 0.3) is 0 Å². The highest BCUT2D eigenvalue weighted by Crippen LogP contribution is 2.33. The molecule has 126 valence electrons. The van der Waals surface area contributed by atoms with Gasteiger partial charge in [-0.3, -0.25) is 14.8 Å². The summed E-state index contributed by atoms with van der Waals surface area (Å²) in [6.07, 6.45) is 5.49. The van der Waals surface area contributed by atoms with Gasteiger partial charge >= 0.3 is 0 Å². The van der Waals surface area contributed by atoms with Gasteiger partial charge in [0.05, 0.1) is 11.9 Å². The number of halogens is 1. The van der Waals surface area contributed by atoms with E-state index in [0.717, 1.165) is 11.1 Å². The van der Waals surface area contributed by atoms with Gasteiger partial charge in [-0.25, -0.2) is 0 Å². The summed E-state index contributed by atoms with van der Waals surface area (Å²) in [5, 5.41) is 4.64. The van der Waals surface area contributed by atoms with Crippen molar-refractivity contribution in [3.05, 3.63) is 41.3 Å². The second-order valence-electron chi connectivity index (χ2n) is 4.94. The summed E-state index contributed by atoms with van der Waals surface area (Å²) in [7, 11) is 3.25. The summed E-state index contributed by atoms with van der Waals surface area (Å²) in [5.41, 5.74) is 4.88. The van der Waals surface area contributed by atoms with Crippen LogP contribution in [0.25, 0.3) is 11.3 Å². The maximum Gasteiger partial charge on any atom is 0.214 e. The zero-order valence-electron chi connectivity index (χ0n) is 13.7. The molecule has 0 fully saturated rings. The largest absolute Gasteiger partial charge is 0.485 e. The summed E-state index contributed by atoms with van der Waals surface area (Å²) < 4.78 is 5.87. The number of likely N-dealkylation sites (N-methyl/N-ethyl adjacent to an activating group) is 1. The number of aromatic nitrogens is 2. The van der Waals surface area contributed by atoms with Gasteiger partial charge in [0.2, 0.25) is 6.41 Å². The maximum atomic E-state index is 10.9. The first-order valence-electron chi connectivity index (χ1n) is 7.17. The smallest absolute Gasteiger partial charge is 0.214 e. The lowest BCUT2D eigenvalue weighted by Crippen LogP contribution is -2.32. The molecule has 7 nitrogen and oxygen atoms in total. The van der Waals surface area contributed by atoms with Crippen molar-refractivity contribution < 1.29 is 9.53 Å². The molecule has 0 aliphatic rings. The Balaban J connectivity index is 2.34. The van der Waals surface area contributed by atoms with Crippen molar-refractivity contribution in [2.45, 2.75) is 6.92 Å². The number of amidine groups is 1. The molecule has 0 aliphatic carbocycles. The number of hydrogen-bond donors (Lipinski definition) is 1. The number of hydrazone groups is 1. The number of nitrogens with zero attached hydrogens (tertiary/aromatic N) is 4. The van der Waals surface area contributed by atoms with Crippen LogP contribution in [-0.4, -0.2) is 47.8 Å². The van der Waals surface area contributed by atoms with Gasteiger partial charge in [0.15, 0.2) is 5.84 Å². The van der Waals surface area contributed by atoms with Crippen LogP contribution in [0.5, 0.6) is 5.75 Å². The highest BCUT2D eigenvalue weighted by Gasteiger charge is 2.14. The van der Waals surface area contributed by atoms with E-state index in [0.29, 0.717) is 28.7 Å². The summed E-state index contributed by atoms with van der Waals surface area (Å²) in [4.78, 5) is 20.6. The molecule has 0 radical (unpaired) electrons. The number of carbonyl (C=O) groups is 1. The van der Waals surface area contributed by atoms with Crippen LogP contribution in [0, 0.1) is 6.92 Å². The van der Waals surface area contributed by atoms with Crippen molar-refractivity contribution in [2.24, 2.45) is 5.10 Å². The van der Waals surface area contributed by atoms with E-state index >= 15 is 0 Å². The molecule has 1 aromatic carbocycles. The van der Waals surface area contributed by atoms with Crippen molar-refractivity contribution in [2.75, 3.05) is 20.7 Å². The van der Waals surface area contributed by atoms with Crippen molar-refractivity contribution in [3.63, 3.8) is 0 Å². The van der Waals surface area contributed by atoms with E-state index in [9.17, 15) is 4.79 Å². The fourth-order valence-electron chi connectivity index (χ4n) is 1.96. The summed E-state index contributed by atoms with van der Waals surface area (Å²) >= 11 is 6.23. The number of rotatable bonds is 6. The predicted molar refractivity (Wildman–Crippen MR) is 93.0 cm³/mol.